The van der Waals surface area contributed by atoms with Crippen molar-refractivity contribution in [3.8, 4) is 5.69 Å². The van der Waals surface area contributed by atoms with Crippen molar-refractivity contribution in [3.05, 3.63) is 42.2 Å². The first-order chi connectivity index (χ1) is 8.18. The Morgan fingerprint density at radius 2 is 1.94 bits per heavy atom. The topological polar surface area (TPSA) is 30.7 Å². The normalized spacial score (nSPS) is 14.5. The molecule has 4 heteroatoms. The molecule has 0 aliphatic heterocycles. The van der Waals surface area contributed by atoms with Gasteiger partial charge in [-0.05, 0) is 18.6 Å². The molecule has 0 aliphatic rings. The standard InChI is InChI=1S/C13H16BrN3/c1-10(8-11(2)14)13-9-15-16-17(13)12-6-4-3-5-7-12/h3-7,9-11H,8H2,1-2H3. The number of halogens is 1. The fourth-order valence-electron chi connectivity index (χ4n) is 1.96. The number of alkyl halides is 1. The van der Waals surface area contributed by atoms with Crippen molar-refractivity contribution < 1.29 is 0 Å². The number of aromatic nitrogens is 3. The van der Waals surface area contributed by atoms with Gasteiger partial charge in [-0.25, -0.2) is 4.68 Å². The zero-order chi connectivity index (χ0) is 12.3. The largest absolute Gasteiger partial charge is 0.217 e. The van der Waals surface area contributed by atoms with Crippen molar-refractivity contribution in [2.75, 3.05) is 0 Å². The van der Waals surface area contributed by atoms with Gasteiger partial charge in [0.15, 0.2) is 0 Å². The van der Waals surface area contributed by atoms with Gasteiger partial charge in [0, 0.05) is 10.7 Å². The molecule has 2 unspecified atom stereocenters. The van der Waals surface area contributed by atoms with E-state index in [1.807, 2.05) is 41.2 Å². The second kappa shape index (κ2) is 5.45. The van der Waals surface area contributed by atoms with E-state index in [9.17, 15) is 0 Å². The number of hydrogen-bond donors (Lipinski definition) is 0. The highest BCUT2D eigenvalue weighted by atomic mass is 79.9. The molecule has 0 bridgehead atoms. The van der Waals surface area contributed by atoms with Crippen molar-refractivity contribution in [3.63, 3.8) is 0 Å². The van der Waals surface area contributed by atoms with E-state index in [0.29, 0.717) is 10.7 Å². The summed E-state index contributed by atoms with van der Waals surface area (Å²) in [4.78, 5) is 0.497. The van der Waals surface area contributed by atoms with Crippen molar-refractivity contribution >= 4 is 15.9 Å². The minimum absolute atomic E-state index is 0.430. The summed E-state index contributed by atoms with van der Waals surface area (Å²) in [6.45, 7) is 4.36. The molecule has 3 nitrogen and oxygen atoms in total. The maximum atomic E-state index is 4.17. The fraction of sp³-hybridized carbons (Fsp3) is 0.385. The number of benzene rings is 1. The Morgan fingerprint density at radius 3 is 2.59 bits per heavy atom. The second-order valence-corrected chi connectivity index (χ2v) is 5.89. The van der Waals surface area contributed by atoms with Crippen LogP contribution in [0.1, 0.15) is 31.9 Å². The predicted octanol–water partition coefficient (Wildman–Crippen LogP) is 3.54. The van der Waals surface area contributed by atoms with Gasteiger partial charge in [-0.2, -0.15) is 0 Å². The molecule has 2 rings (SSSR count). The van der Waals surface area contributed by atoms with E-state index in [1.165, 1.54) is 0 Å². The minimum atomic E-state index is 0.430. The summed E-state index contributed by atoms with van der Waals surface area (Å²) < 4.78 is 1.92. The Bertz CT molecular complexity index is 465. The van der Waals surface area contributed by atoms with Crippen LogP contribution in [-0.4, -0.2) is 19.8 Å². The van der Waals surface area contributed by atoms with Crippen molar-refractivity contribution in [2.24, 2.45) is 0 Å². The van der Waals surface area contributed by atoms with Crippen LogP contribution in [0.15, 0.2) is 36.5 Å². The van der Waals surface area contributed by atoms with E-state index in [2.05, 4.69) is 40.1 Å². The molecule has 1 aromatic carbocycles. The summed E-state index contributed by atoms with van der Waals surface area (Å²) in [5, 5.41) is 8.19. The Labute approximate surface area is 110 Å². The van der Waals surface area contributed by atoms with Crippen LogP contribution in [-0.2, 0) is 0 Å². The Kier molecular flexibility index (Phi) is 3.94. The molecule has 0 fully saturated rings. The zero-order valence-electron chi connectivity index (χ0n) is 10.0. The van der Waals surface area contributed by atoms with E-state index < -0.39 is 0 Å². The Balaban J connectivity index is 2.29. The van der Waals surface area contributed by atoms with Gasteiger partial charge in [0.25, 0.3) is 0 Å². The molecule has 1 heterocycles. The lowest BCUT2D eigenvalue weighted by Crippen LogP contribution is -2.08. The summed E-state index contributed by atoms with van der Waals surface area (Å²) in [6.07, 6.45) is 2.92. The summed E-state index contributed by atoms with van der Waals surface area (Å²) in [6, 6.07) is 10.1. The van der Waals surface area contributed by atoms with Gasteiger partial charge in [-0.1, -0.05) is 53.2 Å². The summed E-state index contributed by atoms with van der Waals surface area (Å²) in [7, 11) is 0. The zero-order valence-corrected chi connectivity index (χ0v) is 11.6. The molecule has 0 N–H and O–H groups in total. The third kappa shape index (κ3) is 2.94. The molecular weight excluding hydrogens is 278 g/mol. The fourth-order valence-corrected chi connectivity index (χ4v) is 2.52. The van der Waals surface area contributed by atoms with Crippen molar-refractivity contribution in [1.29, 1.82) is 0 Å². The average Bonchev–Trinajstić information content (AvgIpc) is 2.78. The minimum Gasteiger partial charge on any atom is -0.217 e. The van der Waals surface area contributed by atoms with Crippen LogP contribution in [0.3, 0.4) is 0 Å². The van der Waals surface area contributed by atoms with Crippen molar-refractivity contribution in [1.82, 2.24) is 15.0 Å². The van der Waals surface area contributed by atoms with Gasteiger partial charge in [-0.15, -0.1) is 5.10 Å². The van der Waals surface area contributed by atoms with Gasteiger partial charge >= 0.3 is 0 Å². The van der Waals surface area contributed by atoms with Gasteiger partial charge in [0.05, 0.1) is 17.6 Å². The van der Waals surface area contributed by atoms with E-state index in [1.54, 1.807) is 0 Å². The monoisotopic (exact) mass is 293 g/mol. The quantitative estimate of drug-likeness (QED) is 0.807. The number of rotatable bonds is 4. The molecule has 0 amide bonds. The lowest BCUT2D eigenvalue weighted by Gasteiger charge is -2.14. The summed E-state index contributed by atoms with van der Waals surface area (Å²) in [5.74, 6) is 0.430. The van der Waals surface area contributed by atoms with Crippen LogP contribution in [0.25, 0.3) is 5.69 Å². The number of hydrogen-bond acceptors (Lipinski definition) is 2. The molecule has 2 atom stereocenters. The average molecular weight is 294 g/mol. The lowest BCUT2D eigenvalue weighted by atomic mass is 10.0. The molecular formula is C13H16BrN3. The van der Waals surface area contributed by atoms with Crippen LogP contribution < -0.4 is 0 Å². The molecule has 0 spiro atoms. The van der Waals surface area contributed by atoms with E-state index in [-0.39, 0.29) is 0 Å². The highest BCUT2D eigenvalue weighted by Gasteiger charge is 2.15. The van der Waals surface area contributed by atoms with Gasteiger partial charge in [-0.3, -0.25) is 0 Å². The van der Waals surface area contributed by atoms with Gasteiger partial charge < -0.3 is 0 Å². The molecule has 90 valence electrons. The first-order valence-corrected chi connectivity index (χ1v) is 6.70. The molecule has 0 saturated carbocycles. The molecule has 0 saturated heterocycles. The molecule has 0 radical (unpaired) electrons. The van der Waals surface area contributed by atoms with Crippen LogP contribution in [0, 0.1) is 0 Å². The highest BCUT2D eigenvalue weighted by molar-refractivity contribution is 9.09. The molecule has 0 aliphatic carbocycles. The number of nitrogens with zero attached hydrogens (tertiary/aromatic N) is 3. The smallest absolute Gasteiger partial charge is 0.0732 e. The summed E-state index contributed by atoms with van der Waals surface area (Å²) in [5.41, 5.74) is 2.22. The molecule has 2 aromatic rings. The van der Waals surface area contributed by atoms with E-state index in [4.69, 9.17) is 0 Å². The number of para-hydroxylation sites is 1. The van der Waals surface area contributed by atoms with E-state index >= 15 is 0 Å². The SMILES string of the molecule is CC(Br)CC(C)c1cnnn1-c1ccccc1. The maximum Gasteiger partial charge on any atom is 0.0732 e. The van der Waals surface area contributed by atoms with E-state index in [0.717, 1.165) is 17.8 Å². The third-order valence-electron chi connectivity index (χ3n) is 2.76. The predicted molar refractivity (Wildman–Crippen MR) is 72.8 cm³/mol. The third-order valence-corrected chi connectivity index (χ3v) is 3.13. The lowest BCUT2D eigenvalue weighted by molar-refractivity contribution is 0.629. The Hall–Kier alpha value is -1.16. The maximum absolute atomic E-state index is 4.17. The van der Waals surface area contributed by atoms with Crippen LogP contribution in [0.4, 0.5) is 0 Å². The van der Waals surface area contributed by atoms with Gasteiger partial charge in [0.2, 0.25) is 0 Å². The van der Waals surface area contributed by atoms with Gasteiger partial charge in [0.1, 0.15) is 0 Å². The summed E-state index contributed by atoms with van der Waals surface area (Å²) >= 11 is 3.59. The first-order valence-electron chi connectivity index (χ1n) is 5.78. The molecule has 17 heavy (non-hydrogen) atoms. The first kappa shape index (κ1) is 12.3. The Morgan fingerprint density at radius 1 is 1.24 bits per heavy atom. The van der Waals surface area contributed by atoms with Crippen molar-refractivity contribution in [2.45, 2.75) is 31.0 Å². The van der Waals surface area contributed by atoms with Crippen LogP contribution in [0.5, 0.6) is 0 Å². The van der Waals surface area contributed by atoms with Crippen LogP contribution >= 0.6 is 15.9 Å². The second-order valence-electron chi connectivity index (χ2n) is 4.32. The molecule has 1 aromatic heterocycles. The van der Waals surface area contributed by atoms with Crippen LogP contribution in [0.2, 0.25) is 0 Å². The highest BCUT2D eigenvalue weighted by Crippen LogP contribution is 2.24.